The van der Waals surface area contributed by atoms with Gasteiger partial charge in [0.1, 0.15) is 6.54 Å². The van der Waals surface area contributed by atoms with Crippen molar-refractivity contribution in [2.75, 3.05) is 27.2 Å². The van der Waals surface area contributed by atoms with Crippen molar-refractivity contribution in [2.45, 2.75) is 50.7 Å². The Balaban J connectivity index is 0.00000392. The van der Waals surface area contributed by atoms with E-state index >= 15 is 0 Å². The van der Waals surface area contributed by atoms with Gasteiger partial charge < -0.3 is 15.5 Å². The molecule has 1 aromatic rings. The SMILES string of the molecule is CN(C)C(=O)CN=C(NCCc1nc(C(F)(F)F)cs1)NC1CCCCC1.I. The number of hydrogen-bond acceptors (Lipinski definition) is 4. The molecule has 0 aromatic carbocycles. The topological polar surface area (TPSA) is 69.6 Å². The van der Waals surface area contributed by atoms with Crippen LogP contribution in [0.4, 0.5) is 13.2 Å². The molecule has 1 saturated carbocycles. The molecular formula is C17H27F3IN5OS. The number of aromatic nitrogens is 1. The van der Waals surface area contributed by atoms with Crippen molar-refractivity contribution < 1.29 is 18.0 Å². The fraction of sp³-hybridized carbons (Fsp3) is 0.706. The molecule has 2 rings (SSSR count). The predicted molar refractivity (Wildman–Crippen MR) is 115 cm³/mol. The van der Waals surface area contributed by atoms with Gasteiger partial charge >= 0.3 is 6.18 Å². The van der Waals surface area contributed by atoms with Crippen LogP contribution in [-0.4, -0.2) is 55.0 Å². The lowest BCUT2D eigenvalue weighted by Gasteiger charge is -2.25. The van der Waals surface area contributed by atoms with Gasteiger partial charge in [-0.2, -0.15) is 13.2 Å². The highest BCUT2D eigenvalue weighted by atomic mass is 127. The number of nitrogens with zero attached hydrogens (tertiary/aromatic N) is 3. The summed E-state index contributed by atoms with van der Waals surface area (Å²) >= 11 is 0.994. The van der Waals surface area contributed by atoms with Crippen LogP contribution in [0.15, 0.2) is 10.4 Å². The lowest BCUT2D eigenvalue weighted by Crippen LogP contribution is -2.45. The standard InChI is InChI=1S/C17H26F3N5OS.HI/c1-25(2)15(26)10-22-16(23-12-6-4-3-5-7-12)21-9-8-14-24-13(11-27-14)17(18,19)20;/h11-12H,3-10H2,1-2H3,(H2,21,22,23);1H. The van der Waals surface area contributed by atoms with Crippen LogP contribution >= 0.6 is 35.3 Å². The number of amides is 1. The van der Waals surface area contributed by atoms with Gasteiger partial charge in [0.05, 0.1) is 5.01 Å². The quantitative estimate of drug-likeness (QED) is 0.335. The van der Waals surface area contributed by atoms with E-state index in [1.165, 1.54) is 11.3 Å². The van der Waals surface area contributed by atoms with Gasteiger partial charge in [-0.15, -0.1) is 35.3 Å². The lowest BCUT2D eigenvalue weighted by atomic mass is 9.96. The number of halogens is 4. The number of thiazole rings is 1. The highest BCUT2D eigenvalue weighted by molar-refractivity contribution is 14.0. The first-order valence-corrected chi connectivity index (χ1v) is 9.90. The minimum atomic E-state index is -4.41. The molecule has 1 fully saturated rings. The van der Waals surface area contributed by atoms with Crippen LogP contribution < -0.4 is 10.6 Å². The van der Waals surface area contributed by atoms with Gasteiger partial charge in [0, 0.05) is 38.5 Å². The van der Waals surface area contributed by atoms with Crippen molar-refractivity contribution in [3.63, 3.8) is 0 Å². The van der Waals surface area contributed by atoms with E-state index in [4.69, 9.17) is 0 Å². The molecule has 0 bridgehead atoms. The third-order valence-electron chi connectivity index (χ3n) is 4.29. The number of hydrogen-bond donors (Lipinski definition) is 2. The Morgan fingerprint density at radius 3 is 2.57 bits per heavy atom. The first kappa shape index (κ1) is 24.9. The lowest BCUT2D eigenvalue weighted by molar-refractivity contribution is -0.140. The van der Waals surface area contributed by atoms with Gasteiger partial charge in [-0.25, -0.2) is 9.98 Å². The maximum atomic E-state index is 12.6. The fourth-order valence-corrected chi connectivity index (χ4v) is 3.53. The molecule has 1 amide bonds. The molecule has 28 heavy (non-hydrogen) atoms. The largest absolute Gasteiger partial charge is 0.434 e. The van der Waals surface area contributed by atoms with Crippen LogP contribution in [0.5, 0.6) is 0 Å². The second-order valence-corrected chi connectivity index (χ2v) is 7.68. The molecule has 0 aliphatic heterocycles. The van der Waals surface area contributed by atoms with Crippen molar-refractivity contribution in [2.24, 2.45) is 4.99 Å². The van der Waals surface area contributed by atoms with Gasteiger partial charge in [0.25, 0.3) is 0 Å². The number of carbonyl (C=O) groups is 1. The summed E-state index contributed by atoms with van der Waals surface area (Å²) in [7, 11) is 3.33. The summed E-state index contributed by atoms with van der Waals surface area (Å²) in [6.07, 6.45) is 1.57. The molecule has 6 nitrogen and oxygen atoms in total. The summed E-state index contributed by atoms with van der Waals surface area (Å²) in [6, 6.07) is 0.302. The molecule has 0 spiro atoms. The summed E-state index contributed by atoms with van der Waals surface area (Å²) < 4.78 is 37.9. The molecule has 0 saturated heterocycles. The van der Waals surface area contributed by atoms with Crippen molar-refractivity contribution in [1.29, 1.82) is 0 Å². The maximum absolute atomic E-state index is 12.6. The summed E-state index contributed by atoms with van der Waals surface area (Å²) in [4.78, 5) is 21.2. The van der Waals surface area contributed by atoms with Gasteiger partial charge in [0.2, 0.25) is 5.91 Å². The Morgan fingerprint density at radius 1 is 1.32 bits per heavy atom. The summed E-state index contributed by atoms with van der Waals surface area (Å²) in [5.74, 6) is 0.402. The monoisotopic (exact) mass is 533 g/mol. The van der Waals surface area contributed by atoms with E-state index in [2.05, 4.69) is 20.6 Å². The van der Waals surface area contributed by atoms with E-state index in [9.17, 15) is 18.0 Å². The van der Waals surface area contributed by atoms with E-state index in [0.717, 1.165) is 42.4 Å². The number of guanidine groups is 1. The molecule has 0 unspecified atom stereocenters. The minimum absolute atomic E-state index is 0. The number of alkyl halides is 3. The second kappa shape index (κ2) is 11.8. The zero-order valence-electron chi connectivity index (χ0n) is 16.0. The number of likely N-dealkylation sites (N-methyl/N-ethyl adjacent to an activating group) is 1. The Bertz CT molecular complexity index is 645. The summed E-state index contributed by atoms with van der Waals surface area (Å²) in [6.45, 7) is 0.407. The van der Waals surface area contributed by atoms with E-state index in [1.54, 1.807) is 14.1 Å². The molecule has 0 radical (unpaired) electrons. The molecular weight excluding hydrogens is 506 g/mol. The Morgan fingerprint density at radius 2 is 2.00 bits per heavy atom. The van der Waals surface area contributed by atoms with Crippen molar-refractivity contribution >= 4 is 47.2 Å². The van der Waals surface area contributed by atoms with Crippen LogP contribution in [0.3, 0.4) is 0 Å². The molecule has 1 aliphatic carbocycles. The fourth-order valence-electron chi connectivity index (χ4n) is 2.72. The Labute approximate surface area is 184 Å². The summed E-state index contributed by atoms with van der Waals surface area (Å²) in [5.41, 5.74) is -0.853. The first-order chi connectivity index (χ1) is 12.8. The zero-order valence-corrected chi connectivity index (χ0v) is 19.2. The molecule has 1 aliphatic rings. The molecule has 160 valence electrons. The van der Waals surface area contributed by atoms with Crippen LogP contribution in [-0.2, 0) is 17.4 Å². The average Bonchev–Trinajstić information content (AvgIpc) is 3.09. The molecule has 11 heteroatoms. The van der Waals surface area contributed by atoms with Crippen molar-refractivity contribution in [3.8, 4) is 0 Å². The first-order valence-electron chi connectivity index (χ1n) is 9.02. The molecule has 1 aromatic heterocycles. The number of rotatable bonds is 6. The highest BCUT2D eigenvalue weighted by Crippen LogP contribution is 2.30. The minimum Gasteiger partial charge on any atom is -0.356 e. The van der Waals surface area contributed by atoms with Crippen molar-refractivity contribution in [1.82, 2.24) is 20.5 Å². The number of aliphatic imine (C=N–C) groups is 1. The normalized spacial score (nSPS) is 15.7. The molecule has 0 atom stereocenters. The summed E-state index contributed by atoms with van der Waals surface area (Å²) in [5, 5.41) is 7.89. The van der Waals surface area contributed by atoms with Gasteiger partial charge in [-0.05, 0) is 12.8 Å². The van der Waals surface area contributed by atoms with E-state index < -0.39 is 11.9 Å². The third kappa shape index (κ3) is 8.50. The van der Waals surface area contributed by atoms with Crippen LogP contribution in [0, 0.1) is 0 Å². The van der Waals surface area contributed by atoms with Gasteiger partial charge in [-0.3, -0.25) is 4.79 Å². The number of nitrogens with one attached hydrogen (secondary N) is 2. The third-order valence-corrected chi connectivity index (χ3v) is 5.20. The van der Waals surface area contributed by atoms with E-state index in [1.807, 2.05) is 0 Å². The Hall–Kier alpha value is -1.11. The smallest absolute Gasteiger partial charge is 0.356 e. The van der Waals surface area contributed by atoms with Crippen molar-refractivity contribution in [3.05, 3.63) is 16.1 Å². The molecule has 1 heterocycles. The highest BCUT2D eigenvalue weighted by Gasteiger charge is 2.33. The van der Waals surface area contributed by atoms with Crippen LogP contribution in [0.1, 0.15) is 42.8 Å². The van der Waals surface area contributed by atoms with Crippen LogP contribution in [0.2, 0.25) is 0 Å². The Kier molecular flexibility index (Phi) is 10.5. The maximum Gasteiger partial charge on any atom is 0.434 e. The average molecular weight is 533 g/mol. The van der Waals surface area contributed by atoms with E-state index in [-0.39, 0.29) is 36.4 Å². The predicted octanol–water partition coefficient (Wildman–Crippen LogP) is 3.28. The number of carbonyl (C=O) groups excluding carboxylic acids is 1. The second-order valence-electron chi connectivity index (χ2n) is 6.73. The molecule has 2 N–H and O–H groups in total. The van der Waals surface area contributed by atoms with Gasteiger partial charge in [-0.1, -0.05) is 19.3 Å². The van der Waals surface area contributed by atoms with Crippen LogP contribution in [0.25, 0.3) is 0 Å². The van der Waals surface area contributed by atoms with Gasteiger partial charge in [0.15, 0.2) is 11.7 Å². The van der Waals surface area contributed by atoms with E-state index in [0.29, 0.717) is 30.0 Å². The zero-order chi connectivity index (χ0) is 19.9.